The molecular weight excluding hydrogens is 441 g/mol. The van der Waals surface area contributed by atoms with Crippen molar-refractivity contribution in [2.75, 3.05) is 21.3 Å². The molecule has 0 saturated heterocycles. The Bertz CT molecular complexity index is 1240. The van der Waals surface area contributed by atoms with Crippen LogP contribution in [0.4, 0.5) is 4.39 Å². The number of esters is 1. The Kier molecular flexibility index (Phi) is 6.77. The van der Waals surface area contributed by atoms with Crippen LogP contribution in [0.3, 0.4) is 0 Å². The van der Waals surface area contributed by atoms with E-state index in [-0.39, 0.29) is 24.0 Å². The highest BCUT2D eigenvalue weighted by Crippen LogP contribution is 2.31. The molecule has 0 unspecified atom stereocenters. The lowest BCUT2D eigenvalue weighted by Crippen LogP contribution is -2.06. The molecule has 7 nitrogen and oxygen atoms in total. The third-order valence-electron chi connectivity index (χ3n) is 5.02. The molecule has 3 aromatic carbocycles. The van der Waals surface area contributed by atoms with Crippen LogP contribution in [0, 0.1) is 5.82 Å². The molecule has 0 atom stereocenters. The number of benzene rings is 3. The predicted molar refractivity (Wildman–Crippen MR) is 124 cm³/mol. The lowest BCUT2D eigenvalue weighted by atomic mass is 10.1. The van der Waals surface area contributed by atoms with E-state index in [2.05, 4.69) is 4.99 Å². The molecule has 8 heteroatoms. The van der Waals surface area contributed by atoms with Gasteiger partial charge in [-0.1, -0.05) is 18.2 Å². The highest BCUT2D eigenvalue weighted by atomic mass is 19.1. The van der Waals surface area contributed by atoms with Gasteiger partial charge in [-0.2, -0.15) is 0 Å². The van der Waals surface area contributed by atoms with Gasteiger partial charge in [0.15, 0.2) is 17.2 Å². The standard InChI is InChI=1S/C26H22FNO6/c1-30-20-12-18(13-21(14-20)31-2)25-28-22(26(29)34-25)10-17-6-9-23(24(11-17)32-3)33-15-16-4-7-19(27)8-5-16/h4-14H,15H2,1-3H3/b22-10-. The monoisotopic (exact) mass is 463 g/mol. The van der Waals surface area contributed by atoms with E-state index < -0.39 is 5.97 Å². The molecule has 174 valence electrons. The second-order valence-electron chi connectivity index (χ2n) is 7.26. The zero-order valence-electron chi connectivity index (χ0n) is 18.8. The quantitative estimate of drug-likeness (QED) is 0.354. The zero-order valence-corrected chi connectivity index (χ0v) is 18.8. The number of halogens is 1. The summed E-state index contributed by atoms with van der Waals surface area (Å²) >= 11 is 0. The first kappa shape index (κ1) is 22.8. The van der Waals surface area contributed by atoms with Crippen molar-refractivity contribution < 1.29 is 32.9 Å². The molecule has 3 aromatic rings. The highest BCUT2D eigenvalue weighted by Gasteiger charge is 2.25. The van der Waals surface area contributed by atoms with Crippen LogP contribution in [-0.4, -0.2) is 33.2 Å². The molecule has 1 aliphatic rings. The van der Waals surface area contributed by atoms with Gasteiger partial charge in [-0.15, -0.1) is 0 Å². The molecule has 34 heavy (non-hydrogen) atoms. The first-order valence-electron chi connectivity index (χ1n) is 10.3. The Morgan fingerprint density at radius 2 is 1.59 bits per heavy atom. The van der Waals surface area contributed by atoms with Gasteiger partial charge in [-0.25, -0.2) is 14.2 Å². The molecule has 4 rings (SSSR count). The predicted octanol–water partition coefficient (Wildman–Crippen LogP) is 4.78. The summed E-state index contributed by atoms with van der Waals surface area (Å²) in [5.74, 6) is 1.35. The van der Waals surface area contributed by atoms with Gasteiger partial charge >= 0.3 is 5.97 Å². The van der Waals surface area contributed by atoms with E-state index in [1.807, 2.05) is 0 Å². The number of methoxy groups -OCH3 is 3. The Hall–Kier alpha value is -4.33. The molecule has 1 aliphatic heterocycles. The van der Waals surface area contributed by atoms with Crippen LogP contribution in [0.25, 0.3) is 6.08 Å². The van der Waals surface area contributed by atoms with Crippen molar-refractivity contribution in [2.45, 2.75) is 6.61 Å². The largest absolute Gasteiger partial charge is 0.497 e. The van der Waals surface area contributed by atoms with E-state index in [0.29, 0.717) is 34.1 Å². The van der Waals surface area contributed by atoms with Gasteiger partial charge in [0.1, 0.15) is 23.9 Å². The van der Waals surface area contributed by atoms with Gasteiger partial charge in [-0.05, 0) is 53.6 Å². The Morgan fingerprint density at radius 3 is 2.24 bits per heavy atom. The van der Waals surface area contributed by atoms with E-state index in [4.69, 9.17) is 23.7 Å². The fourth-order valence-corrected chi connectivity index (χ4v) is 3.26. The van der Waals surface area contributed by atoms with Crippen molar-refractivity contribution in [2.24, 2.45) is 4.99 Å². The summed E-state index contributed by atoms with van der Waals surface area (Å²) in [6.45, 7) is 0.251. The third kappa shape index (κ3) is 5.17. The molecule has 0 saturated carbocycles. The summed E-state index contributed by atoms with van der Waals surface area (Å²) < 4.78 is 40.2. The molecule has 0 spiro atoms. The van der Waals surface area contributed by atoms with Crippen LogP contribution in [0.5, 0.6) is 23.0 Å². The van der Waals surface area contributed by atoms with Crippen LogP contribution in [0.1, 0.15) is 16.7 Å². The first-order valence-corrected chi connectivity index (χ1v) is 10.3. The summed E-state index contributed by atoms with van der Waals surface area (Å²) in [6, 6.07) is 16.4. The lowest BCUT2D eigenvalue weighted by Gasteiger charge is -2.11. The van der Waals surface area contributed by atoms with Crippen LogP contribution < -0.4 is 18.9 Å². The minimum absolute atomic E-state index is 0.138. The Labute approximate surface area is 196 Å². The number of nitrogens with zero attached hydrogens (tertiary/aromatic N) is 1. The minimum atomic E-state index is -0.576. The van der Waals surface area contributed by atoms with E-state index in [0.717, 1.165) is 5.56 Å². The molecule has 0 radical (unpaired) electrons. The van der Waals surface area contributed by atoms with Gasteiger partial charge in [0.25, 0.3) is 0 Å². The molecule has 1 heterocycles. The summed E-state index contributed by atoms with van der Waals surface area (Å²) in [6.07, 6.45) is 1.60. The number of hydrogen-bond acceptors (Lipinski definition) is 7. The highest BCUT2D eigenvalue weighted by molar-refractivity contribution is 6.13. The molecule has 0 fully saturated rings. The maximum atomic E-state index is 13.1. The molecule has 0 N–H and O–H groups in total. The second kappa shape index (κ2) is 10.1. The minimum Gasteiger partial charge on any atom is -0.497 e. The topological polar surface area (TPSA) is 75.6 Å². The number of cyclic esters (lactones) is 1. The van der Waals surface area contributed by atoms with Gasteiger partial charge in [-0.3, -0.25) is 0 Å². The van der Waals surface area contributed by atoms with Crippen LogP contribution >= 0.6 is 0 Å². The normalized spacial score (nSPS) is 13.9. The van der Waals surface area contributed by atoms with Gasteiger partial charge in [0.2, 0.25) is 5.90 Å². The Morgan fingerprint density at radius 1 is 0.882 bits per heavy atom. The van der Waals surface area contributed by atoms with Gasteiger partial charge in [0.05, 0.1) is 21.3 Å². The number of aliphatic imine (C=N–C) groups is 1. The average molecular weight is 463 g/mol. The van der Waals surface area contributed by atoms with Crippen LogP contribution in [0.2, 0.25) is 0 Å². The van der Waals surface area contributed by atoms with Crippen molar-refractivity contribution in [3.63, 3.8) is 0 Å². The van der Waals surface area contributed by atoms with E-state index in [9.17, 15) is 9.18 Å². The van der Waals surface area contributed by atoms with E-state index in [1.165, 1.54) is 33.5 Å². The van der Waals surface area contributed by atoms with Crippen molar-refractivity contribution in [3.8, 4) is 23.0 Å². The number of rotatable bonds is 8. The summed E-state index contributed by atoms with van der Waals surface area (Å²) in [7, 11) is 4.59. The van der Waals surface area contributed by atoms with Gasteiger partial charge < -0.3 is 23.7 Å². The zero-order chi connectivity index (χ0) is 24.1. The van der Waals surface area contributed by atoms with E-state index in [1.54, 1.807) is 54.6 Å². The SMILES string of the molecule is COc1cc(OC)cc(C2=N/C(=C\c3ccc(OCc4ccc(F)cc4)c(OC)c3)C(=O)O2)c1. The summed E-state index contributed by atoms with van der Waals surface area (Å²) in [5, 5.41) is 0. The van der Waals surface area contributed by atoms with Crippen molar-refractivity contribution in [3.05, 3.63) is 88.9 Å². The third-order valence-corrected chi connectivity index (χ3v) is 5.02. The maximum Gasteiger partial charge on any atom is 0.363 e. The molecule has 0 aromatic heterocycles. The lowest BCUT2D eigenvalue weighted by molar-refractivity contribution is -0.129. The molecular formula is C26H22FNO6. The summed E-state index contributed by atoms with van der Waals surface area (Å²) in [4.78, 5) is 16.8. The smallest absolute Gasteiger partial charge is 0.363 e. The van der Waals surface area contributed by atoms with Gasteiger partial charge in [0, 0.05) is 11.6 Å². The fourth-order valence-electron chi connectivity index (χ4n) is 3.26. The fraction of sp³-hybridized carbons (Fsp3) is 0.154. The van der Waals surface area contributed by atoms with Crippen molar-refractivity contribution in [1.82, 2.24) is 0 Å². The van der Waals surface area contributed by atoms with E-state index >= 15 is 0 Å². The summed E-state index contributed by atoms with van der Waals surface area (Å²) in [5.41, 5.74) is 2.18. The Balaban J connectivity index is 1.55. The number of ether oxygens (including phenoxy) is 5. The maximum absolute atomic E-state index is 13.1. The van der Waals surface area contributed by atoms with Crippen molar-refractivity contribution >= 4 is 17.9 Å². The first-order chi connectivity index (χ1) is 16.5. The average Bonchev–Trinajstić information content (AvgIpc) is 3.23. The van der Waals surface area contributed by atoms with Crippen LogP contribution in [0.15, 0.2) is 71.4 Å². The number of carbonyl (C=O) groups is 1. The number of hydrogen-bond donors (Lipinski definition) is 0. The number of carbonyl (C=O) groups excluding carboxylic acids is 1. The molecule has 0 amide bonds. The van der Waals surface area contributed by atoms with Crippen LogP contribution in [-0.2, 0) is 16.1 Å². The second-order valence-corrected chi connectivity index (χ2v) is 7.26. The van der Waals surface area contributed by atoms with Crippen molar-refractivity contribution in [1.29, 1.82) is 0 Å². The molecule has 0 aliphatic carbocycles. The molecule has 0 bridgehead atoms.